The first-order valence-corrected chi connectivity index (χ1v) is 4.38. The Morgan fingerprint density at radius 1 is 1.36 bits per heavy atom. The smallest absolute Gasteiger partial charge is 0.145 e. The van der Waals surface area contributed by atoms with Crippen LogP contribution in [-0.4, -0.2) is 6.29 Å². The van der Waals surface area contributed by atoms with Crippen LogP contribution < -0.4 is 0 Å². The number of hydrogen-bond acceptors (Lipinski definition) is 1. The van der Waals surface area contributed by atoms with E-state index in [2.05, 4.69) is 13.5 Å². The molecule has 0 aromatic heterocycles. The third kappa shape index (κ3) is 2.18. The lowest BCUT2D eigenvalue weighted by Gasteiger charge is -2.25. The summed E-state index contributed by atoms with van der Waals surface area (Å²) in [5.74, 6) is 1.34. The Bertz CT molecular complexity index is 152. The monoisotopic (exact) mass is 152 g/mol. The van der Waals surface area contributed by atoms with Gasteiger partial charge < -0.3 is 0 Å². The molecule has 0 unspecified atom stereocenters. The van der Waals surface area contributed by atoms with Crippen LogP contribution in [0, 0.1) is 11.8 Å². The second kappa shape index (κ2) is 3.70. The number of carbonyl (C=O) groups is 1. The number of carbonyl (C=O) groups excluding carboxylic acids is 1. The maximum absolute atomic E-state index is 10.4. The summed E-state index contributed by atoms with van der Waals surface area (Å²) in [4.78, 5) is 10.4. The van der Waals surface area contributed by atoms with Crippen LogP contribution >= 0.6 is 0 Å². The molecule has 1 saturated carbocycles. The Labute approximate surface area is 68.5 Å². The quantitative estimate of drug-likeness (QED) is 0.439. The lowest BCUT2D eigenvalue weighted by molar-refractivity contribution is -0.105. The zero-order chi connectivity index (χ0) is 8.27. The van der Waals surface area contributed by atoms with E-state index in [1.54, 1.807) is 0 Å². The summed E-state index contributed by atoms with van der Waals surface area (Å²) in [5.41, 5.74) is 0.803. The van der Waals surface area contributed by atoms with Crippen LogP contribution in [-0.2, 0) is 4.79 Å². The Balaban J connectivity index is 2.38. The Kier molecular flexibility index (Phi) is 2.86. The summed E-state index contributed by atoms with van der Waals surface area (Å²) < 4.78 is 0. The molecule has 0 aliphatic heterocycles. The maximum Gasteiger partial charge on any atom is 0.145 e. The van der Waals surface area contributed by atoms with Crippen molar-refractivity contribution >= 4 is 6.29 Å². The predicted molar refractivity (Wildman–Crippen MR) is 46.3 cm³/mol. The zero-order valence-corrected chi connectivity index (χ0v) is 7.18. The molecule has 11 heavy (non-hydrogen) atoms. The van der Waals surface area contributed by atoms with E-state index in [0.717, 1.165) is 17.8 Å². The van der Waals surface area contributed by atoms with Crippen molar-refractivity contribution in [3.8, 4) is 0 Å². The van der Waals surface area contributed by atoms with Crippen molar-refractivity contribution in [3.63, 3.8) is 0 Å². The van der Waals surface area contributed by atoms with E-state index in [4.69, 9.17) is 0 Å². The van der Waals surface area contributed by atoms with Crippen molar-refractivity contribution in [2.45, 2.75) is 32.6 Å². The molecule has 1 aliphatic carbocycles. The van der Waals surface area contributed by atoms with E-state index < -0.39 is 0 Å². The summed E-state index contributed by atoms with van der Waals surface area (Å²) in [6.07, 6.45) is 5.77. The molecule has 62 valence electrons. The van der Waals surface area contributed by atoms with Gasteiger partial charge in [-0.2, -0.15) is 0 Å². The zero-order valence-electron chi connectivity index (χ0n) is 7.18. The van der Waals surface area contributed by atoms with E-state index in [1.165, 1.54) is 25.7 Å². The predicted octanol–water partition coefficient (Wildman–Crippen LogP) is 2.57. The molecule has 1 heteroatoms. The van der Waals surface area contributed by atoms with Crippen LogP contribution in [0.3, 0.4) is 0 Å². The van der Waals surface area contributed by atoms with Crippen LogP contribution in [0.1, 0.15) is 32.6 Å². The molecule has 0 amide bonds. The standard InChI is InChI=1S/C10H16O/c1-8-3-5-10(6-4-8)9(2)7-11/h7-8,10H,2-6H2,1H3. The first-order valence-electron chi connectivity index (χ1n) is 4.38. The molecule has 0 radical (unpaired) electrons. The van der Waals surface area contributed by atoms with E-state index in [1.807, 2.05) is 0 Å². The Morgan fingerprint density at radius 3 is 2.36 bits per heavy atom. The van der Waals surface area contributed by atoms with Crippen LogP contribution in [0.4, 0.5) is 0 Å². The highest BCUT2D eigenvalue weighted by Gasteiger charge is 2.19. The molecule has 0 aromatic rings. The van der Waals surface area contributed by atoms with Gasteiger partial charge in [-0.3, -0.25) is 4.79 Å². The van der Waals surface area contributed by atoms with Crippen molar-refractivity contribution in [2.24, 2.45) is 11.8 Å². The third-order valence-electron chi connectivity index (χ3n) is 2.69. The first kappa shape index (κ1) is 8.51. The van der Waals surface area contributed by atoms with E-state index in [-0.39, 0.29) is 0 Å². The summed E-state index contributed by atoms with van der Waals surface area (Å²) in [6, 6.07) is 0. The largest absolute Gasteiger partial charge is 0.298 e. The van der Waals surface area contributed by atoms with Crippen LogP contribution in [0.5, 0.6) is 0 Å². The van der Waals surface area contributed by atoms with Gasteiger partial charge in [0.15, 0.2) is 0 Å². The SMILES string of the molecule is C=C(C=O)C1CCC(C)CC1. The van der Waals surface area contributed by atoms with Gasteiger partial charge in [0.2, 0.25) is 0 Å². The highest BCUT2D eigenvalue weighted by molar-refractivity contribution is 5.72. The fourth-order valence-corrected chi connectivity index (χ4v) is 1.73. The molecular formula is C10H16O. The minimum absolute atomic E-state index is 0.490. The third-order valence-corrected chi connectivity index (χ3v) is 2.69. The second-order valence-corrected chi connectivity index (χ2v) is 3.65. The van der Waals surface area contributed by atoms with Crippen LogP contribution in [0.25, 0.3) is 0 Å². The van der Waals surface area contributed by atoms with E-state index in [0.29, 0.717) is 5.92 Å². The van der Waals surface area contributed by atoms with Gasteiger partial charge >= 0.3 is 0 Å². The topological polar surface area (TPSA) is 17.1 Å². The second-order valence-electron chi connectivity index (χ2n) is 3.65. The highest BCUT2D eigenvalue weighted by Crippen LogP contribution is 2.31. The van der Waals surface area contributed by atoms with Gasteiger partial charge in [-0.25, -0.2) is 0 Å². The lowest BCUT2D eigenvalue weighted by atomic mass is 9.80. The average molecular weight is 152 g/mol. The molecular weight excluding hydrogens is 136 g/mol. The molecule has 1 nitrogen and oxygen atoms in total. The Morgan fingerprint density at radius 2 is 1.91 bits per heavy atom. The summed E-state index contributed by atoms with van der Waals surface area (Å²) >= 11 is 0. The molecule has 1 aliphatic rings. The van der Waals surface area contributed by atoms with Crippen molar-refractivity contribution in [3.05, 3.63) is 12.2 Å². The van der Waals surface area contributed by atoms with E-state index >= 15 is 0 Å². The minimum atomic E-state index is 0.490. The lowest BCUT2D eigenvalue weighted by Crippen LogP contribution is -2.14. The molecule has 0 saturated heterocycles. The fraction of sp³-hybridized carbons (Fsp3) is 0.700. The van der Waals surface area contributed by atoms with Gasteiger partial charge in [0.1, 0.15) is 6.29 Å². The molecule has 0 bridgehead atoms. The summed E-state index contributed by atoms with van der Waals surface area (Å²) in [6.45, 7) is 6.03. The van der Waals surface area contributed by atoms with Crippen molar-refractivity contribution in [2.75, 3.05) is 0 Å². The molecule has 0 N–H and O–H groups in total. The molecule has 0 atom stereocenters. The average Bonchev–Trinajstić information content (AvgIpc) is 2.05. The van der Waals surface area contributed by atoms with Gasteiger partial charge in [-0.1, -0.05) is 26.3 Å². The molecule has 1 fully saturated rings. The van der Waals surface area contributed by atoms with Gasteiger partial charge in [0.25, 0.3) is 0 Å². The van der Waals surface area contributed by atoms with Gasteiger partial charge in [0.05, 0.1) is 0 Å². The van der Waals surface area contributed by atoms with Crippen LogP contribution in [0.2, 0.25) is 0 Å². The maximum atomic E-state index is 10.4. The highest BCUT2D eigenvalue weighted by atomic mass is 16.1. The number of rotatable bonds is 2. The van der Waals surface area contributed by atoms with E-state index in [9.17, 15) is 4.79 Å². The Hall–Kier alpha value is -0.590. The summed E-state index contributed by atoms with van der Waals surface area (Å²) in [5, 5.41) is 0. The van der Waals surface area contributed by atoms with Crippen molar-refractivity contribution in [1.82, 2.24) is 0 Å². The van der Waals surface area contributed by atoms with Crippen molar-refractivity contribution < 1.29 is 4.79 Å². The fourth-order valence-electron chi connectivity index (χ4n) is 1.73. The molecule has 0 aromatic carbocycles. The van der Waals surface area contributed by atoms with Gasteiger partial charge in [-0.05, 0) is 30.3 Å². The number of aldehydes is 1. The number of allylic oxidation sites excluding steroid dienone is 1. The first-order chi connectivity index (χ1) is 5.24. The van der Waals surface area contributed by atoms with Crippen molar-refractivity contribution in [1.29, 1.82) is 0 Å². The number of hydrogen-bond donors (Lipinski definition) is 0. The molecule has 1 rings (SSSR count). The van der Waals surface area contributed by atoms with Crippen LogP contribution in [0.15, 0.2) is 12.2 Å². The summed E-state index contributed by atoms with van der Waals surface area (Å²) in [7, 11) is 0. The van der Waals surface area contributed by atoms with Gasteiger partial charge in [-0.15, -0.1) is 0 Å². The molecule has 0 spiro atoms. The normalized spacial score (nSPS) is 31.4. The minimum Gasteiger partial charge on any atom is -0.298 e. The van der Waals surface area contributed by atoms with Gasteiger partial charge in [0, 0.05) is 0 Å². The molecule has 0 heterocycles.